The van der Waals surface area contributed by atoms with E-state index in [9.17, 15) is 0 Å². The van der Waals surface area contributed by atoms with Crippen LogP contribution < -0.4 is 0 Å². The molecular weight excluding hydrogens is 330 g/mol. The SMILES string of the molecule is c1ccc(SC[C@@H]2CN3CCCC[C@@H]3[C@H]2Sc2ccccc2)cc1. The van der Waals surface area contributed by atoms with Crippen molar-refractivity contribution in [3.8, 4) is 0 Å². The Bertz CT molecular complexity index is 631. The summed E-state index contributed by atoms with van der Waals surface area (Å²) in [7, 11) is 0. The van der Waals surface area contributed by atoms with Crippen molar-refractivity contribution in [3.05, 3.63) is 60.7 Å². The normalized spacial score (nSPS) is 27.1. The summed E-state index contributed by atoms with van der Waals surface area (Å²) in [6, 6.07) is 22.7. The molecule has 4 rings (SSSR count). The molecular formula is C21H25NS2. The molecule has 0 unspecified atom stereocenters. The molecule has 2 fully saturated rings. The third-order valence-electron chi connectivity index (χ3n) is 5.20. The van der Waals surface area contributed by atoms with E-state index >= 15 is 0 Å². The highest BCUT2D eigenvalue weighted by atomic mass is 32.2. The topological polar surface area (TPSA) is 3.24 Å². The van der Waals surface area contributed by atoms with E-state index in [0.29, 0.717) is 0 Å². The Kier molecular flexibility index (Phi) is 5.51. The van der Waals surface area contributed by atoms with Crippen molar-refractivity contribution in [1.82, 2.24) is 4.90 Å². The second-order valence-electron chi connectivity index (χ2n) is 6.84. The molecule has 2 aliphatic rings. The number of hydrogen-bond donors (Lipinski definition) is 0. The van der Waals surface area contributed by atoms with Gasteiger partial charge >= 0.3 is 0 Å². The summed E-state index contributed by atoms with van der Waals surface area (Å²) in [4.78, 5) is 5.62. The van der Waals surface area contributed by atoms with Crippen molar-refractivity contribution in [3.63, 3.8) is 0 Å². The molecule has 0 spiro atoms. The fourth-order valence-electron chi connectivity index (χ4n) is 4.03. The van der Waals surface area contributed by atoms with Gasteiger partial charge in [0.2, 0.25) is 0 Å². The first-order chi connectivity index (χ1) is 11.9. The minimum Gasteiger partial charge on any atom is -0.299 e. The molecule has 0 aromatic heterocycles. The Labute approximate surface area is 154 Å². The molecule has 0 amide bonds. The number of piperidine rings is 1. The van der Waals surface area contributed by atoms with Gasteiger partial charge in [0.15, 0.2) is 0 Å². The van der Waals surface area contributed by atoms with Gasteiger partial charge in [-0.15, -0.1) is 23.5 Å². The van der Waals surface area contributed by atoms with Gasteiger partial charge in [-0.05, 0) is 49.6 Å². The third-order valence-corrected chi connectivity index (χ3v) is 7.92. The maximum atomic E-state index is 2.78. The molecule has 3 heteroatoms. The predicted molar refractivity (Wildman–Crippen MR) is 106 cm³/mol. The average Bonchev–Trinajstić information content (AvgIpc) is 2.99. The standard InChI is InChI=1S/C21H25NS2/c1-3-9-18(10-4-1)23-16-17-15-22-14-8-7-13-20(22)21(17)24-19-11-5-2-6-12-19/h1-6,9-12,17,20-21H,7-8,13-16H2/t17-,20+,21-/m0/s1. The van der Waals surface area contributed by atoms with Gasteiger partial charge in [-0.25, -0.2) is 0 Å². The first-order valence-electron chi connectivity index (χ1n) is 9.04. The summed E-state index contributed by atoms with van der Waals surface area (Å²) in [6.45, 7) is 2.60. The Morgan fingerprint density at radius 1 is 0.875 bits per heavy atom. The van der Waals surface area contributed by atoms with E-state index < -0.39 is 0 Å². The third kappa shape index (κ3) is 3.84. The Morgan fingerprint density at radius 3 is 2.33 bits per heavy atom. The Morgan fingerprint density at radius 2 is 1.58 bits per heavy atom. The quantitative estimate of drug-likeness (QED) is 0.659. The van der Waals surface area contributed by atoms with E-state index in [1.165, 1.54) is 47.9 Å². The number of fused-ring (bicyclic) bond motifs is 1. The summed E-state index contributed by atoms with van der Waals surface area (Å²) >= 11 is 4.16. The minimum atomic E-state index is 0.740. The van der Waals surface area contributed by atoms with E-state index in [-0.39, 0.29) is 0 Å². The summed E-state index contributed by atoms with van der Waals surface area (Å²) in [5.74, 6) is 2.02. The van der Waals surface area contributed by atoms with Crippen LogP contribution in [0.1, 0.15) is 19.3 Å². The van der Waals surface area contributed by atoms with Crippen LogP contribution in [0.3, 0.4) is 0 Å². The lowest BCUT2D eigenvalue weighted by Gasteiger charge is -2.32. The fourth-order valence-corrected chi connectivity index (χ4v) is 6.69. The zero-order chi connectivity index (χ0) is 16.2. The second-order valence-corrected chi connectivity index (χ2v) is 9.18. The smallest absolute Gasteiger partial charge is 0.0299 e. The van der Waals surface area contributed by atoms with Crippen LogP contribution >= 0.6 is 23.5 Å². The highest BCUT2D eigenvalue weighted by Gasteiger charge is 2.42. The van der Waals surface area contributed by atoms with Crippen molar-refractivity contribution in [2.45, 2.75) is 40.3 Å². The summed E-state index contributed by atoms with van der Waals surface area (Å²) in [5.41, 5.74) is 0. The monoisotopic (exact) mass is 355 g/mol. The van der Waals surface area contributed by atoms with Gasteiger partial charge < -0.3 is 0 Å². The van der Waals surface area contributed by atoms with Gasteiger partial charge in [0.05, 0.1) is 0 Å². The first-order valence-corrected chi connectivity index (χ1v) is 10.9. The van der Waals surface area contributed by atoms with Crippen LogP contribution in [-0.4, -0.2) is 35.0 Å². The largest absolute Gasteiger partial charge is 0.299 e. The van der Waals surface area contributed by atoms with Crippen molar-refractivity contribution < 1.29 is 0 Å². The maximum Gasteiger partial charge on any atom is 0.0299 e. The fraction of sp³-hybridized carbons (Fsp3) is 0.429. The van der Waals surface area contributed by atoms with Crippen LogP contribution in [0.15, 0.2) is 70.5 Å². The lowest BCUT2D eigenvalue weighted by atomic mass is 10.00. The molecule has 0 aliphatic carbocycles. The predicted octanol–water partition coefficient (Wildman–Crippen LogP) is 5.42. The van der Waals surface area contributed by atoms with Gasteiger partial charge in [0.25, 0.3) is 0 Å². The van der Waals surface area contributed by atoms with Gasteiger partial charge in [0.1, 0.15) is 0 Å². The number of thioether (sulfide) groups is 2. The van der Waals surface area contributed by atoms with Crippen LogP contribution in [-0.2, 0) is 0 Å². The Balaban J connectivity index is 1.47. The highest BCUT2D eigenvalue weighted by Crippen LogP contribution is 2.43. The maximum absolute atomic E-state index is 2.78. The van der Waals surface area contributed by atoms with Gasteiger partial charge in [-0.3, -0.25) is 4.90 Å². The first kappa shape index (κ1) is 16.6. The number of hydrogen-bond acceptors (Lipinski definition) is 3. The van der Waals surface area contributed by atoms with E-state index in [2.05, 4.69) is 77.3 Å². The van der Waals surface area contributed by atoms with Crippen molar-refractivity contribution in [2.24, 2.45) is 5.92 Å². The van der Waals surface area contributed by atoms with E-state index in [0.717, 1.165) is 17.2 Å². The molecule has 0 radical (unpaired) electrons. The molecule has 2 aromatic carbocycles. The molecule has 2 aliphatic heterocycles. The van der Waals surface area contributed by atoms with Crippen molar-refractivity contribution in [1.29, 1.82) is 0 Å². The molecule has 2 saturated heterocycles. The summed E-state index contributed by atoms with van der Waals surface area (Å²) in [5, 5.41) is 0.740. The molecule has 2 heterocycles. The summed E-state index contributed by atoms with van der Waals surface area (Å²) < 4.78 is 0. The highest BCUT2D eigenvalue weighted by molar-refractivity contribution is 8.00. The van der Waals surface area contributed by atoms with Crippen LogP contribution in [0, 0.1) is 5.92 Å². The van der Waals surface area contributed by atoms with E-state index in [4.69, 9.17) is 0 Å². The van der Waals surface area contributed by atoms with Crippen LogP contribution in [0.5, 0.6) is 0 Å². The second kappa shape index (κ2) is 7.99. The molecule has 126 valence electrons. The molecule has 3 atom stereocenters. The average molecular weight is 356 g/mol. The minimum absolute atomic E-state index is 0.740. The molecule has 24 heavy (non-hydrogen) atoms. The number of nitrogens with zero attached hydrogens (tertiary/aromatic N) is 1. The molecule has 2 aromatic rings. The van der Waals surface area contributed by atoms with E-state index in [1.54, 1.807) is 0 Å². The van der Waals surface area contributed by atoms with Crippen molar-refractivity contribution >= 4 is 23.5 Å². The molecule has 0 N–H and O–H groups in total. The van der Waals surface area contributed by atoms with Crippen LogP contribution in [0.4, 0.5) is 0 Å². The van der Waals surface area contributed by atoms with Crippen LogP contribution in [0.2, 0.25) is 0 Å². The van der Waals surface area contributed by atoms with Gasteiger partial charge in [0, 0.05) is 33.4 Å². The van der Waals surface area contributed by atoms with Crippen LogP contribution in [0.25, 0.3) is 0 Å². The number of rotatable bonds is 5. The molecule has 1 nitrogen and oxygen atoms in total. The van der Waals surface area contributed by atoms with E-state index in [1.807, 2.05) is 11.8 Å². The molecule has 0 saturated carbocycles. The zero-order valence-corrected chi connectivity index (χ0v) is 15.6. The lowest BCUT2D eigenvalue weighted by Crippen LogP contribution is -2.38. The Hall–Kier alpha value is -0.900. The lowest BCUT2D eigenvalue weighted by molar-refractivity contribution is 0.198. The van der Waals surface area contributed by atoms with Gasteiger partial charge in [-0.1, -0.05) is 42.8 Å². The summed E-state index contributed by atoms with van der Waals surface area (Å²) in [6.07, 6.45) is 4.18. The van der Waals surface area contributed by atoms with Crippen molar-refractivity contribution in [2.75, 3.05) is 18.8 Å². The zero-order valence-electron chi connectivity index (χ0n) is 14.0. The molecule has 0 bridgehead atoms. The number of benzene rings is 2. The van der Waals surface area contributed by atoms with Gasteiger partial charge in [-0.2, -0.15) is 0 Å².